The minimum absolute atomic E-state index is 0.0540. The van der Waals surface area contributed by atoms with Crippen molar-refractivity contribution in [2.75, 3.05) is 19.8 Å². The maximum Gasteiger partial charge on any atom is 0.310 e. The van der Waals surface area contributed by atoms with Gasteiger partial charge in [-0.1, -0.05) is 20.8 Å². The Morgan fingerprint density at radius 3 is 2.90 bits per heavy atom. The fraction of sp³-hybridized carbons (Fsp3) is 0.714. The topological polar surface area (TPSA) is 62.7 Å². The molecule has 0 amide bonds. The van der Waals surface area contributed by atoms with Crippen LogP contribution in [0, 0.1) is 5.92 Å². The van der Waals surface area contributed by atoms with E-state index >= 15 is 0 Å². The molecule has 2 unspecified atom stereocenters. The SMILES string of the molecule is CCN(Cc1csc(C(C)C)n1)C1COCC1C(=O)O. The molecule has 6 heteroatoms. The number of thiazole rings is 1. The van der Waals surface area contributed by atoms with Crippen LogP contribution in [0.3, 0.4) is 0 Å². The summed E-state index contributed by atoms with van der Waals surface area (Å²) in [4.78, 5) is 18.0. The van der Waals surface area contributed by atoms with E-state index in [-0.39, 0.29) is 6.04 Å². The Hall–Kier alpha value is -0.980. The van der Waals surface area contributed by atoms with Gasteiger partial charge in [-0.05, 0) is 6.54 Å². The zero-order valence-corrected chi connectivity index (χ0v) is 13.0. The molecule has 0 aliphatic carbocycles. The summed E-state index contributed by atoms with van der Waals surface area (Å²) in [7, 11) is 0. The van der Waals surface area contributed by atoms with Crippen LogP contribution < -0.4 is 0 Å². The lowest BCUT2D eigenvalue weighted by Gasteiger charge is -2.28. The summed E-state index contributed by atoms with van der Waals surface area (Å²) in [6, 6.07) is -0.0540. The van der Waals surface area contributed by atoms with Crippen LogP contribution in [0.1, 0.15) is 37.4 Å². The zero-order chi connectivity index (χ0) is 14.7. The van der Waals surface area contributed by atoms with Crippen LogP contribution in [-0.2, 0) is 16.1 Å². The average molecular weight is 298 g/mol. The number of nitrogens with zero attached hydrogens (tertiary/aromatic N) is 2. The number of carboxylic acids is 1. The first-order valence-electron chi connectivity index (χ1n) is 7.01. The zero-order valence-electron chi connectivity index (χ0n) is 12.2. The fourth-order valence-corrected chi connectivity index (χ4v) is 3.30. The van der Waals surface area contributed by atoms with Crippen molar-refractivity contribution in [1.29, 1.82) is 0 Å². The molecule has 2 heterocycles. The molecule has 0 spiro atoms. The number of hydrogen-bond donors (Lipinski definition) is 1. The molecule has 1 aromatic heterocycles. The van der Waals surface area contributed by atoms with Crippen molar-refractivity contribution in [3.63, 3.8) is 0 Å². The van der Waals surface area contributed by atoms with Gasteiger partial charge in [0, 0.05) is 23.9 Å². The van der Waals surface area contributed by atoms with E-state index in [1.54, 1.807) is 11.3 Å². The first-order valence-corrected chi connectivity index (χ1v) is 7.89. The lowest BCUT2D eigenvalue weighted by molar-refractivity contribution is -0.143. The monoisotopic (exact) mass is 298 g/mol. The molecule has 1 N–H and O–H groups in total. The summed E-state index contributed by atoms with van der Waals surface area (Å²) in [5.74, 6) is -0.768. The maximum absolute atomic E-state index is 11.3. The van der Waals surface area contributed by atoms with Crippen molar-refractivity contribution >= 4 is 17.3 Å². The van der Waals surface area contributed by atoms with Gasteiger partial charge in [0.25, 0.3) is 0 Å². The molecule has 0 saturated carbocycles. The normalized spacial score (nSPS) is 22.9. The van der Waals surface area contributed by atoms with Crippen LogP contribution in [0.5, 0.6) is 0 Å². The molecule has 0 radical (unpaired) electrons. The van der Waals surface area contributed by atoms with E-state index in [0.717, 1.165) is 17.2 Å². The number of aliphatic carboxylic acids is 1. The van der Waals surface area contributed by atoms with Gasteiger partial charge in [0.05, 0.1) is 29.8 Å². The van der Waals surface area contributed by atoms with E-state index in [0.29, 0.717) is 25.7 Å². The van der Waals surface area contributed by atoms with E-state index in [2.05, 4.69) is 29.1 Å². The van der Waals surface area contributed by atoms with Gasteiger partial charge in [-0.2, -0.15) is 0 Å². The molecule has 1 aliphatic heterocycles. The Balaban J connectivity index is 2.06. The minimum atomic E-state index is -0.771. The molecule has 5 nitrogen and oxygen atoms in total. The van der Waals surface area contributed by atoms with Crippen LogP contribution in [-0.4, -0.2) is 46.8 Å². The lowest BCUT2D eigenvalue weighted by Crippen LogP contribution is -2.42. The predicted molar refractivity (Wildman–Crippen MR) is 78.0 cm³/mol. The molecule has 1 fully saturated rings. The van der Waals surface area contributed by atoms with Crippen LogP contribution in [0.2, 0.25) is 0 Å². The van der Waals surface area contributed by atoms with Crippen molar-refractivity contribution in [2.24, 2.45) is 5.92 Å². The predicted octanol–water partition coefficient (Wildman–Crippen LogP) is 2.19. The fourth-order valence-electron chi connectivity index (χ4n) is 2.47. The molecule has 1 aromatic rings. The van der Waals surface area contributed by atoms with Crippen molar-refractivity contribution in [3.05, 3.63) is 16.1 Å². The van der Waals surface area contributed by atoms with Crippen LogP contribution in [0.25, 0.3) is 0 Å². The number of ether oxygens (including phenoxy) is 1. The number of likely N-dealkylation sites (N-methyl/N-ethyl adjacent to an activating group) is 1. The van der Waals surface area contributed by atoms with Gasteiger partial charge in [0.2, 0.25) is 0 Å². The molecule has 1 aliphatic rings. The summed E-state index contributed by atoms with van der Waals surface area (Å²) < 4.78 is 5.35. The van der Waals surface area contributed by atoms with Crippen molar-refractivity contribution in [3.8, 4) is 0 Å². The molecule has 20 heavy (non-hydrogen) atoms. The number of carbonyl (C=O) groups is 1. The van der Waals surface area contributed by atoms with Crippen LogP contribution in [0.15, 0.2) is 5.38 Å². The average Bonchev–Trinajstić information content (AvgIpc) is 3.04. The smallest absolute Gasteiger partial charge is 0.310 e. The number of carboxylic acid groups (broad SMARTS) is 1. The Morgan fingerprint density at radius 1 is 1.60 bits per heavy atom. The van der Waals surface area contributed by atoms with Gasteiger partial charge in [-0.3, -0.25) is 9.69 Å². The highest BCUT2D eigenvalue weighted by molar-refractivity contribution is 7.09. The highest BCUT2D eigenvalue weighted by Gasteiger charge is 2.37. The summed E-state index contributed by atoms with van der Waals surface area (Å²) in [5.41, 5.74) is 1.02. The van der Waals surface area contributed by atoms with Crippen LogP contribution >= 0.6 is 11.3 Å². The second kappa shape index (κ2) is 6.65. The second-order valence-corrected chi connectivity index (χ2v) is 6.33. The quantitative estimate of drug-likeness (QED) is 0.872. The lowest BCUT2D eigenvalue weighted by atomic mass is 10.0. The number of rotatable bonds is 6. The summed E-state index contributed by atoms with van der Waals surface area (Å²) in [6.45, 7) is 8.60. The molecule has 0 aromatic carbocycles. The van der Waals surface area contributed by atoms with Gasteiger partial charge >= 0.3 is 5.97 Å². The molecular formula is C14H22N2O3S. The largest absolute Gasteiger partial charge is 0.481 e. The van der Waals surface area contributed by atoms with Crippen molar-refractivity contribution in [1.82, 2.24) is 9.88 Å². The first kappa shape index (κ1) is 15.4. The third-order valence-electron chi connectivity index (χ3n) is 3.67. The summed E-state index contributed by atoms with van der Waals surface area (Å²) >= 11 is 1.67. The Kier molecular flexibility index (Phi) is 5.12. The summed E-state index contributed by atoms with van der Waals surface area (Å²) in [5, 5.41) is 12.5. The van der Waals surface area contributed by atoms with Crippen LogP contribution in [0.4, 0.5) is 0 Å². The third kappa shape index (κ3) is 3.37. The number of hydrogen-bond acceptors (Lipinski definition) is 5. The standard InChI is InChI=1S/C14H22N2O3S/c1-4-16(12-7-19-6-11(12)14(17)18)5-10-8-20-13(15-10)9(2)3/h8-9,11-12H,4-7H2,1-3H3,(H,17,18). The molecular weight excluding hydrogens is 276 g/mol. The Labute approximate surface area is 123 Å². The summed E-state index contributed by atoms with van der Waals surface area (Å²) in [6.07, 6.45) is 0. The molecule has 0 bridgehead atoms. The van der Waals surface area contributed by atoms with E-state index in [1.165, 1.54) is 0 Å². The second-order valence-electron chi connectivity index (χ2n) is 5.44. The Morgan fingerprint density at radius 2 is 2.35 bits per heavy atom. The van der Waals surface area contributed by atoms with E-state index in [9.17, 15) is 9.90 Å². The highest BCUT2D eigenvalue weighted by Crippen LogP contribution is 2.24. The van der Waals surface area contributed by atoms with E-state index < -0.39 is 11.9 Å². The van der Waals surface area contributed by atoms with Gasteiger partial charge in [-0.15, -0.1) is 11.3 Å². The Bertz CT molecular complexity index is 461. The van der Waals surface area contributed by atoms with Crippen molar-refractivity contribution in [2.45, 2.75) is 39.3 Å². The van der Waals surface area contributed by atoms with E-state index in [1.807, 2.05) is 6.92 Å². The number of aromatic nitrogens is 1. The first-order chi connectivity index (χ1) is 9.52. The minimum Gasteiger partial charge on any atom is -0.481 e. The third-order valence-corrected chi connectivity index (χ3v) is 4.87. The van der Waals surface area contributed by atoms with Gasteiger partial charge in [0.15, 0.2) is 0 Å². The molecule has 2 atom stereocenters. The van der Waals surface area contributed by atoms with Gasteiger partial charge in [-0.25, -0.2) is 4.98 Å². The van der Waals surface area contributed by atoms with Crippen molar-refractivity contribution < 1.29 is 14.6 Å². The molecule has 2 rings (SSSR count). The highest BCUT2D eigenvalue weighted by atomic mass is 32.1. The molecule has 112 valence electrons. The van der Waals surface area contributed by atoms with E-state index in [4.69, 9.17) is 4.74 Å². The molecule has 1 saturated heterocycles. The van der Waals surface area contributed by atoms with Gasteiger partial charge < -0.3 is 9.84 Å². The van der Waals surface area contributed by atoms with Gasteiger partial charge in [0.1, 0.15) is 0 Å². The maximum atomic E-state index is 11.3.